The second-order valence-corrected chi connectivity index (χ2v) is 6.58. The van der Waals surface area contributed by atoms with Crippen LogP contribution in [0.3, 0.4) is 0 Å². The largest absolute Gasteiger partial charge is 1.00 e. The minimum atomic E-state index is 0. The molecular weight excluding hydrogens is 420 g/mol. The molecule has 0 unspecified atom stereocenters. The predicted molar refractivity (Wildman–Crippen MR) is 83.7 cm³/mol. The van der Waals surface area contributed by atoms with Crippen LogP contribution in [0.5, 0.6) is 0 Å². The second kappa shape index (κ2) is 12.7. The van der Waals surface area contributed by atoms with E-state index < -0.39 is 0 Å². The van der Waals surface area contributed by atoms with Crippen molar-refractivity contribution in [1.82, 2.24) is 0 Å². The van der Waals surface area contributed by atoms with Gasteiger partial charge in [0.05, 0.1) is 0 Å². The molecule has 2 rings (SSSR count). The molecule has 1 aliphatic rings. The molecule has 138 valence electrons. The van der Waals surface area contributed by atoms with E-state index in [9.17, 15) is 0 Å². The molecule has 0 radical (unpaired) electrons. The van der Waals surface area contributed by atoms with Crippen LogP contribution in [0.1, 0.15) is 49.4 Å². The summed E-state index contributed by atoms with van der Waals surface area (Å²) >= 11 is 0. The van der Waals surface area contributed by atoms with Crippen LogP contribution in [0.25, 0.3) is 5.57 Å². The first-order valence-corrected chi connectivity index (χ1v) is 7.04. The van der Waals surface area contributed by atoms with E-state index in [1.54, 1.807) is 0 Å². The summed E-state index contributed by atoms with van der Waals surface area (Å²) in [6.07, 6.45) is 7.63. The smallest absolute Gasteiger partial charge is 0.145 e. The molecule has 0 fully saturated rings. The maximum Gasteiger partial charge on any atom is 0.145 e. The monoisotopic (exact) mass is 443 g/mol. The van der Waals surface area contributed by atoms with Gasteiger partial charge in [-0.1, -0.05) is 44.1 Å². The average Bonchev–Trinajstić information content (AvgIpc) is 2.52. The molecule has 0 heterocycles. The number of hydrogen-bond donors (Lipinski definition) is 1. The van der Waals surface area contributed by atoms with Crippen LogP contribution in [-0.4, -0.2) is 11.3 Å². The third-order valence-corrected chi connectivity index (χ3v) is 3.64. The van der Waals surface area contributed by atoms with E-state index in [4.69, 9.17) is 0 Å². The zero-order valence-electron chi connectivity index (χ0n) is 15.0. The molecule has 0 aromatic heterocycles. The fourth-order valence-electron chi connectivity index (χ4n) is 2.78. The Balaban J connectivity index is -0.000000400. The van der Waals surface area contributed by atoms with Crippen molar-refractivity contribution in [2.24, 2.45) is 0 Å². The summed E-state index contributed by atoms with van der Waals surface area (Å²) in [4.78, 5) is 3.67. The van der Waals surface area contributed by atoms with Gasteiger partial charge in [0.1, 0.15) is 11.3 Å². The number of halogens is 4. The molecule has 0 saturated carbocycles. The van der Waals surface area contributed by atoms with Crippen LogP contribution in [0.2, 0.25) is 0 Å². The first-order chi connectivity index (χ1) is 8.79. The molecule has 0 saturated heterocycles. The molecule has 0 atom stereocenters. The summed E-state index contributed by atoms with van der Waals surface area (Å²) in [6, 6.07) is 2.29. The average molecular weight is 445 g/mol. The summed E-state index contributed by atoms with van der Waals surface area (Å²) in [6.45, 7) is 13.3. The molecule has 1 aromatic rings. The normalized spacial score (nSPS) is 14.2. The Labute approximate surface area is 186 Å². The van der Waals surface area contributed by atoms with Crippen molar-refractivity contribution < 1.29 is 76.3 Å². The van der Waals surface area contributed by atoms with E-state index in [2.05, 4.69) is 70.8 Å². The number of rotatable bonds is 1. The predicted octanol–water partition coefficient (Wildman–Crippen LogP) is -8.99. The van der Waals surface area contributed by atoms with E-state index >= 15 is 0 Å². The standard InChI is InChI=1S/C18H24N.4ClH.Ti/c1-12-11-13(2)17(14(12)3)15-9-7-8-10-16(15)19-18(4,5)6;;;;;/h7-9,11H,10H2,1-6H3;4*1H;/q-1;;;;;/p-3. The van der Waals surface area contributed by atoms with Crippen molar-refractivity contribution >= 4 is 11.3 Å². The van der Waals surface area contributed by atoms with Crippen LogP contribution < -0.4 is 54.6 Å². The van der Waals surface area contributed by atoms with E-state index in [1.807, 2.05) is 0 Å². The summed E-state index contributed by atoms with van der Waals surface area (Å²) in [5, 5.41) is 0. The Morgan fingerprint density at radius 3 is 1.96 bits per heavy atom. The third-order valence-electron chi connectivity index (χ3n) is 3.64. The quantitative estimate of drug-likeness (QED) is 0.327. The number of hydrogen-bond acceptors (Lipinski definition) is 0. The third kappa shape index (κ3) is 7.73. The van der Waals surface area contributed by atoms with Crippen molar-refractivity contribution in [2.45, 2.75) is 53.5 Å². The topological polar surface area (TPSA) is 14.0 Å². The molecule has 0 amide bonds. The van der Waals surface area contributed by atoms with Gasteiger partial charge in [0.2, 0.25) is 0 Å². The van der Waals surface area contributed by atoms with Crippen LogP contribution in [0.4, 0.5) is 0 Å². The van der Waals surface area contributed by atoms with Crippen LogP contribution in [0.15, 0.2) is 24.3 Å². The zero-order valence-corrected chi connectivity index (χ0v) is 19.6. The van der Waals surface area contributed by atoms with Crippen LogP contribution >= 0.6 is 0 Å². The fourth-order valence-corrected chi connectivity index (χ4v) is 2.78. The Morgan fingerprint density at radius 2 is 1.54 bits per heavy atom. The van der Waals surface area contributed by atoms with Gasteiger partial charge in [0.25, 0.3) is 0 Å². The molecule has 24 heavy (non-hydrogen) atoms. The molecule has 1 aromatic carbocycles. The van der Waals surface area contributed by atoms with E-state index in [0.29, 0.717) is 0 Å². The maximum absolute atomic E-state index is 3.67. The SMILES string of the molecule is Cc1cc(C)[c-](C2=CC=CCC2=[NH+]C(C)(C)C)c1C.[Cl-].[Cl-].[Cl-].[Cl-].[Ti]. The molecule has 1 N–H and O–H groups in total. The zero-order chi connectivity index (χ0) is 14.2. The van der Waals surface area contributed by atoms with Gasteiger partial charge in [-0.25, -0.2) is 0 Å². The molecule has 1 aliphatic carbocycles. The molecule has 6 heteroatoms. The number of allylic oxidation sites excluding steroid dienone is 4. The van der Waals surface area contributed by atoms with Crippen molar-refractivity contribution in [1.29, 1.82) is 0 Å². The Kier molecular flexibility index (Phi) is 17.0. The molecule has 0 aliphatic heterocycles. The summed E-state index contributed by atoms with van der Waals surface area (Å²) in [7, 11) is 0. The van der Waals surface area contributed by atoms with E-state index in [-0.39, 0.29) is 76.9 Å². The Bertz CT molecular complexity index is 593. The van der Waals surface area contributed by atoms with Crippen molar-refractivity contribution in [2.75, 3.05) is 0 Å². The fraction of sp³-hybridized carbons (Fsp3) is 0.444. The van der Waals surface area contributed by atoms with Gasteiger partial charge in [-0.2, -0.15) is 0 Å². The molecule has 0 spiro atoms. The molecule has 1 nitrogen and oxygen atoms in total. The van der Waals surface area contributed by atoms with Gasteiger partial charge in [-0.3, -0.25) is 4.99 Å². The Morgan fingerprint density at radius 1 is 1.00 bits per heavy atom. The summed E-state index contributed by atoms with van der Waals surface area (Å²) < 4.78 is 0. The first kappa shape index (κ1) is 32.1. The van der Waals surface area contributed by atoms with Crippen LogP contribution in [-0.2, 0) is 21.7 Å². The number of aryl methyl sites for hydroxylation is 2. The second-order valence-electron chi connectivity index (χ2n) is 6.58. The van der Waals surface area contributed by atoms with E-state index in [1.165, 1.54) is 33.5 Å². The van der Waals surface area contributed by atoms with Gasteiger partial charge in [-0.05, 0) is 20.8 Å². The minimum absolute atomic E-state index is 0. The van der Waals surface area contributed by atoms with Crippen molar-refractivity contribution in [3.63, 3.8) is 0 Å². The van der Waals surface area contributed by atoms with Crippen molar-refractivity contribution in [3.05, 3.63) is 46.5 Å². The van der Waals surface area contributed by atoms with Gasteiger partial charge in [0, 0.05) is 28.1 Å². The molecular formula is C18H25Cl4NTi-4. The van der Waals surface area contributed by atoms with Crippen molar-refractivity contribution in [3.8, 4) is 0 Å². The summed E-state index contributed by atoms with van der Waals surface area (Å²) in [5.41, 5.74) is 8.39. The first-order valence-electron chi connectivity index (χ1n) is 7.04. The van der Waals surface area contributed by atoms with E-state index in [0.717, 1.165) is 6.42 Å². The molecule has 0 bridgehead atoms. The van der Waals surface area contributed by atoms with Gasteiger partial charge >= 0.3 is 0 Å². The van der Waals surface area contributed by atoms with Crippen LogP contribution in [0, 0.1) is 20.8 Å². The summed E-state index contributed by atoms with van der Waals surface area (Å²) in [5.74, 6) is 0. The van der Waals surface area contributed by atoms with Gasteiger partial charge < -0.3 is 49.6 Å². The number of nitrogens with one attached hydrogen (secondary N) is 1. The van der Waals surface area contributed by atoms with Gasteiger partial charge in [-0.15, -0.1) is 28.8 Å². The maximum atomic E-state index is 3.67. The minimum Gasteiger partial charge on any atom is -1.00 e. The Hall–Kier alpha value is 0.374. The van der Waals surface area contributed by atoms with Gasteiger partial charge in [0.15, 0.2) is 0 Å².